The van der Waals surface area contributed by atoms with Crippen LogP contribution in [0.25, 0.3) is 0 Å². The van der Waals surface area contributed by atoms with Gasteiger partial charge in [0.2, 0.25) is 15.9 Å². The summed E-state index contributed by atoms with van der Waals surface area (Å²) in [6.07, 6.45) is -4.94. The molecule has 1 atom stereocenters. The highest BCUT2D eigenvalue weighted by Crippen LogP contribution is 2.35. The smallest absolute Gasteiger partial charge is 0.349 e. The van der Waals surface area contributed by atoms with Crippen LogP contribution in [0.4, 0.5) is 13.2 Å². The minimum absolute atomic E-state index is 0.158. The lowest BCUT2D eigenvalue weighted by atomic mass is 10.2. The molecular formula is C16H16ClF3N2O3S2. The van der Waals surface area contributed by atoms with E-state index >= 15 is 0 Å². The SMILES string of the molecule is CC(NC(=O)CCNS(=O)(=O)c1ccc(Cl)c(C(F)(F)F)c1)c1cccs1. The molecule has 1 aromatic heterocycles. The van der Waals surface area contributed by atoms with Crippen LogP contribution in [-0.2, 0) is 21.0 Å². The molecule has 2 rings (SSSR count). The lowest BCUT2D eigenvalue weighted by Crippen LogP contribution is -2.32. The van der Waals surface area contributed by atoms with E-state index in [-0.39, 0.29) is 24.9 Å². The molecule has 0 aliphatic carbocycles. The van der Waals surface area contributed by atoms with Crippen molar-refractivity contribution in [3.63, 3.8) is 0 Å². The van der Waals surface area contributed by atoms with Gasteiger partial charge in [-0.05, 0) is 36.6 Å². The van der Waals surface area contributed by atoms with E-state index in [0.717, 1.165) is 17.0 Å². The van der Waals surface area contributed by atoms with Gasteiger partial charge < -0.3 is 5.32 Å². The van der Waals surface area contributed by atoms with Crippen molar-refractivity contribution in [1.82, 2.24) is 10.0 Å². The Labute approximate surface area is 163 Å². The molecule has 0 radical (unpaired) electrons. The molecule has 0 spiro atoms. The van der Waals surface area contributed by atoms with Crippen molar-refractivity contribution < 1.29 is 26.4 Å². The van der Waals surface area contributed by atoms with Crippen molar-refractivity contribution in [2.75, 3.05) is 6.54 Å². The maximum atomic E-state index is 12.9. The summed E-state index contributed by atoms with van der Waals surface area (Å²) in [7, 11) is -4.21. The lowest BCUT2D eigenvalue weighted by Gasteiger charge is -2.13. The predicted octanol–water partition coefficient (Wildman–Crippen LogP) is 3.97. The van der Waals surface area contributed by atoms with Gasteiger partial charge in [-0.3, -0.25) is 4.79 Å². The highest BCUT2D eigenvalue weighted by Gasteiger charge is 2.34. The topological polar surface area (TPSA) is 75.3 Å². The fourth-order valence-corrected chi connectivity index (χ4v) is 4.21. The second kappa shape index (κ2) is 8.59. The van der Waals surface area contributed by atoms with Gasteiger partial charge in [-0.25, -0.2) is 13.1 Å². The van der Waals surface area contributed by atoms with E-state index < -0.39 is 31.7 Å². The maximum absolute atomic E-state index is 12.9. The van der Waals surface area contributed by atoms with E-state index in [1.807, 2.05) is 17.5 Å². The van der Waals surface area contributed by atoms with E-state index in [1.54, 1.807) is 6.92 Å². The number of rotatable bonds is 7. The van der Waals surface area contributed by atoms with Gasteiger partial charge in [0.1, 0.15) is 0 Å². The van der Waals surface area contributed by atoms with Crippen LogP contribution in [-0.4, -0.2) is 20.9 Å². The van der Waals surface area contributed by atoms with Crippen LogP contribution in [0.5, 0.6) is 0 Å². The van der Waals surface area contributed by atoms with Crippen LogP contribution in [0.3, 0.4) is 0 Å². The normalized spacial score (nSPS) is 13.4. The minimum Gasteiger partial charge on any atom is -0.349 e. The molecular weight excluding hydrogens is 425 g/mol. The number of thiophene rings is 1. The van der Waals surface area contributed by atoms with Crippen LogP contribution >= 0.6 is 22.9 Å². The van der Waals surface area contributed by atoms with Gasteiger partial charge in [0, 0.05) is 17.8 Å². The number of amides is 1. The quantitative estimate of drug-likeness (QED) is 0.684. The number of carbonyl (C=O) groups excluding carboxylic acids is 1. The number of halogens is 4. The highest BCUT2D eigenvalue weighted by atomic mass is 35.5. The molecule has 5 nitrogen and oxygen atoms in total. The Morgan fingerprint density at radius 2 is 2.00 bits per heavy atom. The molecule has 0 saturated heterocycles. The molecule has 27 heavy (non-hydrogen) atoms. The Hall–Kier alpha value is -1.62. The Balaban J connectivity index is 1.96. The average Bonchev–Trinajstić information content (AvgIpc) is 3.08. The van der Waals surface area contributed by atoms with E-state index in [2.05, 4.69) is 10.0 Å². The summed E-state index contributed by atoms with van der Waals surface area (Å²) in [6.45, 7) is 1.54. The fourth-order valence-electron chi connectivity index (χ4n) is 2.19. The summed E-state index contributed by atoms with van der Waals surface area (Å²) in [5, 5.41) is 3.99. The molecule has 0 fully saturated rings. The third-order valence-corrected chi connectivity index (χ3v) is 6.39. The second-order valence-electron chi connectivity index (χ2n) is 5.59. The van der Waals surface area contributed by atoms with Crippen LogP contribution in [0, 0.1) is 0 Å². The molecule has 1 amide bonds. The Bertz CT molecular complexity index is 900. The zero-order chi connectivity index (χ0) is 20.2. The van der Waals surface area contributed by atoms with Gasteiger partial charge in [-0.15, -0.1) is 11.3 Å². The molecule has 0 aliphatic rings. The number of alkyl halides is 3. The van der Waals surface area contributed by atoms with Crippen LogP contribution in [0.1, 0.15) is 29.8 Å². The summed E-state index contributed by atoms with van der Waals surface area (Å²) in [5.74, 6) is -0.384. The zero-order valence-electron chi connectivity index (χ0n) is 14.0. The summed E-state index contributed by atoms with van der Waals surface area (Å²) in [5.41, 5.74) is -1.24. The summed E-state index contributed by atoms with van der Waals surface area (Å²) < 4.78 is 65.0. The van der Waals surface area contributed by atoms with Crippen molar-refractivity contribution in [3.05, 3.63) is 51.2 Å². The minimum atomic E-state index is -4.78. The van der Waals surface area contributed by atoms with E-state index in [0.29, 0.717) is 6.07 Å². The summed E-state index contributed by atoms with van der Waals surface area (Å²) in [6, 6.07) is 5.78. The number of hydrogen-bond acceptors (Lipinski definition) is 4. The molecule has 0 bridgehead atoms. The third kappa shape index (κ3) is 5.93. The first kappa shape index (κ1) is 21.7. The van der Waals surface area contributed by atoms with Crippen LogP contribution < -0.4 is 10.0 Å². The van der Waals surface area contributed by atoms with Gasteiger partial charge in [0.05, 0.1) is 21.5 Å². The van der Waals surface area contributed by atoms with Crippen LogP contribution in [0.15, 0.2) is 40.6 Å². The Kier molecular flexibility index (Phi) is 6.90. The molecule has 2 aromatic rings. The number of hydrogen-bond donors (Lipinski definition) is 2. The van der Waals surface area contributed by atoms with Gasteiger partial charge in [0.25, 0.3) is 0 Å². The molecule has 2 N–H and O–H groups in total. The fraction of sp³-hybridized carbons (Fsp3) is 0.312. The first-order valence-corrected chi connectivity index (χ1v) is 10.4. The van der Waals surface area contributed by atoms with Crippen molar-refractivity contribution >= 4 is 38.9 Å². The molecule has 148 valence electrons. The lowest BCUT2D eigenvalue weighted by molar-refractivity contribution is -0.137. The predicted molar refractivity (Wildman–Crippen MR) is 97.1 cm³/mol. The van der Waals surface area contributed by atoms with E-state index in [9.17, 15) is 26.4 Å². The zero-order valence-corrected chi connectivity index (χ0v) is 16.4. The first-order valence-electron chi connectivity index (χ1n) is 7.70. The van der Waals surface area contributed by atoms with Crippen molar-refractivity contribution in [3.8, 4) is 0 Å². The van der Waals surface area contributed by atoms with Gasteiger partial charge >= 0.3 is 6.18 Å². The monoisotopic (exact) mass is 440 g/mol. The standard InChI is InChI=1S/C16H16ClF3N2O3S2/c1-10(14-3-2-8-26-14)22-15(23)6-7-21-27(24,25)11-4-5-13(17)12(9-11)16(18,19)20/h2-5,8-10,21H,6-7H2,1H3,(H,22,23). The van der Waals surface area contributed by atoms with Crippen molar-refractivity contribution in [1.29, 1.82) is 0 Å². The third-order valence-electron chi connectivity index (χ3n) is 3.55. The van der Waals surface area contributed by atoms with Gasteiger partial charge in [-0.2, -0.15) is 13.2 Å². The van der Waals surface area contributed by atoms with Gasteiger partial charge in [-0.1, -0.05) is 17.7 Å². The van der Waals surface area contributed by atoms with Crippen LogP contribution in [0.2, 0.25) is 5.02 Å². The van der Waals surface area contributed by atoms with Crippen molar-refractivity contribution in [2.45, 2.75) is 30.5 Å². The molecule has 1 unspecified atom stereocenters. The van der Waals surface area contributed by atoms with Crippen molar-refractivity contribution in [2.24, 2.45) is 0 Å². The summed E-state index contributed by atoms with van der Waals surface area (Å²) in [4.78, 5) is 12.3. The van der Waals surface area contributed by atoms with Gasteiger partial charge in [0.15, 0.2) is 0 Å². The first-order chi connectivity index (χ1) is 12.5. The maximum Gasteiger partial charge on any atom is 0.417 e. The van der Waals surface area contributed by atoms with E-state index in [4.69, 9.17) is 11.6 Å². The molecule has 0 saturated carbocycles. The Morgan fingerprint density at radius 1 is 1.30 bits per heavy atom. The number of nitrogens with one attached hydrogen (secondary N) is 2. The largest absolute Gasteiger partial charge is 0.417 e. The highest BCUT2D eigenvalue weighted by molar-refractivity contribution is 7.89. The summed E-state index contributed by atoms with van der Waals surface area (Å²) >= 11 is 6.95. The number of carbonyl (C=O) groups is 1. The average molecular weight is 441 g/mol. The molecule has 1 aromatic carbocycles. The number of sulfonamides is 1. The Morgan fingerprint density at radius 3 is 2.59 bits per heavy atom. The van der Waals surface area contributed by atoms with E-state index in [1.165, 1.54) is 11.3 Å². The molecule has 1 heterocycles. The number of benzene rings is 1. The molecule has 0 aliphatic heterocycles. The molecule has 11 heteroatoms. The second-order valence-corrected chi connectivity index (χ2v) is 8.75.